The summed E-state index contributed by atoms with van der Waals surface area (Å²) in [6, 6.07) is 21.3. The molecule has 4 rings (SSSR count). The van der Waals surface area contributed by atoms with Gasteiger partial charge in [0, 0.05) is 18.3 Å². The number of ether oxygens (including phenoxy) is 2. The van der Waals surface area contributed by atoms with Crippen molar-refractivity contribution in [3.05, 3.63) is 94.4 Å². The molecule has 9 heteroatoms. The number of thioether (sulfide) groups is 1. The highest BCUT2D eigenvalue weighted by Gasteiger charge is 2.30. The van der Waals surface area contributed by atoms with Gasteiger partial charge in [0.25, 0.3) is 11.8 Å². The Bertz CT molecular complexity index is 1380. The fourth-order valence-corrected chi connectivity index (χ4v) is 4.38. The Labute approximate surface area is 219 Å². The van der Waals surface area contributed by atoms with E-state index < -0.39 is 5.97 Å². The highest BCUT2D eigenvalue weighted by Crippen LogP contribution is 2.34. The normalized spacial score (nSPS) is 15.2. The summed E-state index contributed by atoms with van der Waals surface area (Å²) in [4.78, 5) is 43.3. The first-order valence-electron chi connectivity index (χ1n) is 11.4. The van der Waals surface area contributed by atoms with Crippen LogP contribution < -0.4 is 10.1 Å². The van der Waals surface area contributed by atoms with Crippen molar-refractivity contribution in [3.63, 3.8) is 0 Å². The number of nitrogens with zero attached hydrogens (tertiary/aromatic N) is 2. The van der Waals surface area contributed by atoms with Crippen LogP contribution in [0, 0.1) is 6.92 Å². The van der Waals surface area contributed by atoms with Gasteiger partial charge in [0.15, 0.2) is 11.8 Å². The number of anilines is 1. The first-order valence-corrected chi connectivity index (χ1v) is 12.2. The number of likely N-dealkylation sites (N-methyl/N-ethyl adjacent to an activating group) is 1. The van der Waals surface area contributed by atoms with Crippen LogP contribution in [0.25, 0.3) is 6.08 Å². The quantitative estimate of drug-likeness (QED) is 0.350. The van der Waals surface area contributed by atoms with Crippen molar-refractivity contribution < 1.29 is 23.9 Å². The fourth-order valence-electron chi connectivity index (χ4n) is 3.40. The molecule has 0 unspecified atom stereocenters. The van der Waals surface area contributed by atoms with Crippen molar-refractivity contribution in [2.75, 3.05) is 26.1 Å². The van der Waals surface area contributed by atoms with Crippen molar-refractivity contribution in [2.45, 2.75) is 6.92 Å². The van der Waals surface area contributed by atoms with E-state index in [2.05, 4.69) is 10.3 Å². The number of benzene rings is 3. The first kappa shape index (κ1) is 25.7. The lowest BCUT2D eigenvalue weighted by Gasteiger charge is -2.10. The van der Waals surface area contributed by atoms with Gasteiger partial charge in [0.1, 0.15) is 5.75 Å². The van der Waals surface area contributed by atoms with E-state index in [1.165, 1.54) is 23.8 Å². The summed E-state index contributed by atoms with van der Waals surface area (Å²) in [5.74, 6) is -0.443. The third kappa shape index (κ3) is 6.45. The van der Waals surface area contributed by atoms with Crippen LogP contribution in [0.3, 0.4) is 0 Å². The summed E-state index contributed by atoms with van der Waals surface area (Å²) in [7, 11) is 2.97. The molecule has 0 aliphatic carbocycles. The Morgan fingerprint density at radius 2 is 1.73 bits per heavy atom. The molecular weight excluding hydrogens is 490 g/mol. The molecular formula is C28H25N3O5S. The molecule has 2 amide bonds. The molecule has 37 heavy (non-hydrogen) atoms. The van der Waals surface area contributed by atoms with Gasteiger partial charge >= 0.3 is 5.97 Å². The molecule has 0 bridgehead atoms. The van der Waals surface area contributed by atoms with Crippen LogP contribution in [0.5, 0.6) is 5.75 Å². The summed E-state index contributed by atoms with van der Waals surface area (Å²) in [5, 5.41) is 3.30. The largest absolute Gasteiger partial charge is 0.483 e. The number of hydrogen-bond donors (Lipinski definition) is 1. The highest BCUT2D eigenvalue weighted by molar-refractivity contribution is 8.18. The van der Waals surface area contributed by atoms with Gasteiger partial charge in [0.2, 0.25) is 0 Å². The van der Waals surface area contributed by atoms with E-state index in [-0.39, 0.29) is 18.4 Å². The molecule has 0 spiro atoms. The van der Waals surface area contributed by atoms with E-state index in [0.29, 0.717) is 38.3 Å². The maximum absolute atomic E-state index is 12.9. The van der Waals surface area contributed by atoms with Gasteiger partial charge in [0.05, 0.1) is 23.3 Å². The first-order chi connectivity index (χ1) is 17.8. The molecule has 1 heterocycles. The molecule has 1 aliphatic heterocycles. The van der Waals surface area contributed by atoms with Crippen LogP contribution in [0.1, 0.15) is 21.5 Å². The number of aliphatic imine (C=N–C) groups is 1. The zero-order valence-electron chi connectivity index (χ0n) is 20.6. The monoisotopic (exact) mass is 515 g/mol. The summed E-state index contributed by atoms with van der Waals surface area (Å²) in [5.41, 5.74) is 3.47. The van der Waals surface area contributed by atoms with Crippen molar-refractivity contribution in [1.29, 1.82) is 0 Å². The lowest BCUT2D eigenvalue weighted by atomic mass is 10.2. The number of carbonyl (C=O) groups excluding carboxylic acids is 3. The van der Waals surface area contributed by atoms with Gasteiger partial charge in [-0.15, -0.1) is 0 Å². The molecule has 0 saturated carbocycles. The molecule has 1 fully saturated rings. The second-order valence-electron chi connectivity index (χ2n) is 8.15. The van der Waals surface area contributed by atoms with E-state index in [0.717, 1.165) is 5.56 Å². The van der Waals surface area contributed by atoms with Crippen LogP contribution >= 0.6 is 11.8 Å². The third-order valence-electron chi connectivity index (χ3n) is 5.42. The van der Waals surface area contributed by atoms with Crippen molar-refractivity contribution in [1.82, 2.24) is 4.90 Å². The lowest BCUT2D eigenvalue weighted by molar-refractivity contribution is -0.121. The Morgan fingerprint density at radius 3 is 2.43 bits per heavy atom. The maximum Gasteiger partial charge on any atom is 0.337 e. The van der Waals surface area contributed by atoms with Gasteiger partial charge in [-0.2, -0.15) is 0 Å². The number of methoxy groups -OCH3 is 1. The number of esters is 1. The Hall–Kier alpha value is -4.37. The molecule has 0 radical (unpaired) electrons. The maximum atomic E-state index is 12.9. The van der Waals surface area contributed by atoms with Crippen LogP contribution in [-0.2, 0) is 14.3 Å². The predicted octanol–water partition coefficient (Wildman–Crippen LogP) is 5.03. The number of rotatable bonds is 7. The summed E-state index contributed by atoms with van der Waals surface area (Å²) in [6.07, 6.45) is 1.72. The summed E-state index contributed by atoms with van der Waals surface area (Å²) < 4.78 is 10.5. The molecule has 3 aromatic rings. The molecule has 1 saturated heterocycles. The molecule has 0 aromatic heterocycles. The summed E-state index contributed by atoms with van der Waals surface area (Å²) in [6.45, 7) is 1.80. The van der Waals surface area contributed by atoms with E-state index in [9.17, 15) is 14.4 Å². The second kappa shape index (κ2) is 11.6. The number of amidine groups is 1. The molecule has 3 aromatic carbocycles. The van der Waals surface area contributed by atoms with Crippen molar-refractivity contribution in [3.8, 4) is 5.75 Å². The standard InChI is InChI=1S/C28H25N3O5S/c1-18-8-12-21(13-9-18)29-25(32)17-36-23-7-5-4-6-20(23)16-24-26(33)31(2)28(37-24)30-22-14-10-19(11-15-22)27(34)35-3/h4-16H,17H2,1-3H3,(H,29,32). The van der Waals surface area contributed by atoms with Crippen LogP contribution in [0.2, 0.25) is 0 Å². The van der Waals surface area contributed by atoms with Crippen molar-refractivity contribution >= 4 is 52.2 Å². The zero-order valence-corrected chi connectivity index (χ0v) is 21.4. The molecule has 188 valence electrons. The number of hydrogen-bond acceptors (Lipinski definition) is 7. The van der Waals surface area contributed by atoms with E-state index in [1.54, 1.807) is 49.5 Å². The smallest absolute Gasteiger partial charge is 0.337 e. The minimum absolute atomic E-state index is 0.177. The lowest BCUT2D eigenvalue weighted by Crippen LogP contribution is -2.23. The van der Waals surface area contributed by atoms with Gasteiger partial charge in [-0.1, -0.05) is 35.9 Å². The minimum atomic E-state index is -0.430. The van der Waals surface area contributed by atoms with Gasteiger partial charge in [-0.25, -0.2) is 9.79 Å². The van der Waals surface area contributed by atoms with Crippen LogP contribution in [0.4, 0.5) is 11.4 Å². The van der Waals surface area contributed by atoms with E-state index in [4.69, 9.17) is 9.47 Å². The average molecular weight is 516 g/mol. The minimum Gasteiger partial charge on any atom is -0.483 e. The molecule has 1 N–H and O–H groups in total. The number of amides is 2. The van der Waals surface area contributed by atoms with E-state index >= 15 is 0 Å². The van der Waals surface area contributed by atoms with Crippen molar-refractivity contribution in [2.24, 2.45) is 4.99 Å². The Balaban J connectivity index is 1.46. The molecule has 8 nitrogen and oxygen atoms in total. The second-order valence-corrected chi connectivity index (χ2v) is 9.16. The predicted molar refractivity (Wildman–Crippen MR) is 145 cm³/mol. The average Bonchev–Trinajstić information content (AvgIpc) is 3.17. The number of carbonyl (C=O) groups is 3. The number of para-hydroxylation sites is 1. The van der Waals surface area contributed by atoms with Crippen LogP contribution in [0.15, 0.2) is 82.7 Å². The van der Waals surface area contributed by atoms with Gasteiger partial charge < -0.3 is 14.8 Å². The topological polar surface area (TPSA) is 97.3 Å². The number of nitrogens with one attached hydrogen (secondary N) is 1. The molecule has 0 atom stereocenters. The van der Waals surface area contributed by atoms with Gasteiger partial charge in [-0.3, -0.25) is 14.5 Å². The van der Waals surface area contributed by atoms with Crippen LogP contribution in [-0.4, -0.2) is 48.6 Å². The Morgan fingerprint density at radius 1 is 1.03 bits per heavy atom. The SMILES string of the molecule is COC(=O)c1ccc(N=C2SC(=Cc3ccccc3OCC(=O)Nc3ccc(C)cc3)C(=O)N2C)cc1. The Kier molecular flexibility index (Phi) is 8.05. The number of aryl methyl sites for hydroxylation is 1. The highest BCUT2D eigenvalue weighted by atomic mass is 32.2. The molecule has 1 aliphatic rings. The zero-order chi connectivity index (χ0) is 26.4. The fraction of sp³-hybridized carbons (Fsp3) is 0.143. The summed E-state index contributed by atoms with van der Waals surface area (Å²) >= 11 is 1.23. The third-order valence-corrected chi connectivity index (χ3v) is 6.48. The van der Waals surface area contributed by atoms with Gasteiger partial charge in [-0.05, 0) is 67.2 Å². The van der Waals surface area contributed by atoms with E-state index in [1.807, 2.05) is 43.3 Å².